The van der Waals surface area contributed by atoms with Gasteiger partial charge in [-0.2, -0.15) is 0 Å². The Hall–Kier alpha value is -1.07. The van der Waals surface area contributed by atoms with Crippen molar-refractivity contribution in [2.45, 2.75) is 45.3 Å². The van der Waals surface area contributed by atoms with E-state index < -0.39 is 5.69 Å². The molecule has 5 nitrogen and oxygen atoms in total. The molecule has 0 bridgehead atoms. The molecule has 2 unspecified atom stereocenters. The van der Waals surface area contributed by atoms with Crippen LogP contribution in [-0.4, -0.2) is 22.3 Å². The van der Waals surface area contributed by atoms with Crippen LogP contribution in [-0.2, 0) is 11.2 Å². The normalized spacial score (nSPS) is 24.2. The standard InChI is InChI=1S/C12H17ClN2O3/c1-3-9-10(13)14-12(17)15(11(9)16)8-4-5-18-7(2)6-8/h7-8H,3-6H2,1-2H3,(H,14,17). The molecule has 18 heavy (non-hydrogen) atoms. The van der Waals surface area contributed by atoms with Crippen LogP contribution in [0.2, 0.25) is 5.15 Å². The van der Waals surface area contributed by atoms with Crippen molar-refractivity contribution < 1.29 is 4.74 Å². The van der Waals surface area contributed by atoms with Gasteiger partial charge in [0, 0.05) is 12.6 Å². The molecule has 0 aliphatic carbocycles. The maximum atomic E-state index is 12.3. The van der Waals surface area contributed by atoms with Gasteiger partial charge in [-0.05, 0) is 26.2 Å². The fourth-order valence-corrected chi connectivity index (χ4v) is 2.70. The van der Waals surface area contributed by atoms with E-state index in [1.807, 2.05) is 13.8 Å². The van der Waals surface area contributed by atoms with Crippen molar-refractivity contribution in [1.82, 2.24) is 9.55 Å². The molecule has 6 heteroatoms. The van der Waals surface area contributed by atoms with Gasteiger partial charge in [0.1, 0.15) is 5.15 Å². The zero-order chi connectivity index (χ0) is 13.3. The Labute approximate surface area is 110 Å². The van der Waals surface area contributed by atoms with Crippen LogP contribution >= 0.6 is 11.6 Å². The van der Waals surface area contributed by atoms with E-state index in [1.165, 1.54) is 4.57 Å². The van der Waals surface area contributed by atoms with Crippen LogP contribution in [0.4, 0.5) is 0 Å². The first-order valence-corrected chi connectivity index (χ1v) is 6.57. The summed E-state index contributed by atoms with van der Waals surface area (Å²) >= 11 is 5.88. The van der Waals surface area contributed by atoms with Crippen molar-refractivity contribution in [3.05, 3.63) is 31.6 Å². The van der Waals surface area contributed by atoms with E-state index in [9.17, 15) is 9.59 Å². The summed E-state index contributed by atoms with van der Waals surface area (Å²) in [6, 6.07) is -0.104. The third kappa shape index (κ3) is 2.37. The number of H-pyrrole nitrogens is 1. The molecular weight excluding hydrogens is 256 g/mol. The molecule has 2 heterocycles. The largest absolute Gasteiger partial charge is 0.378 e. The van der Waals surface area contributed by atoms with E-state index in [1.54, 1.807) is 0 Å². The average Bonchev–Trinajstić information content (AvgIpc) is 2.28. The molecule has 1 aliphatic rings. The molecule has 1 aromatic rings. The zero-order valence-corrected chi connectivity index (χ0v) is 11.3. The molecule has 2 atom stereocenters. The van der Waals surface area contributed by atoms with Crippen LogP contribution in [0, 0.1) is 0 Å². The molecule has 1 aliphatic heterocycles. The SMILES string of the molecule is CCc1c(Cl)[nH]c(=O)n(C2CCOC(C)C2)c1=O. The molecular formula is C12H17ClN2O3. The lowest BCUT2D eigenvalue weighted by atomic mass is 10.0. The maximum absolute atomic E-state index is 12.3. The second-order valence-electron chi connectivity index (χ2n) is 4.61. The molecule has 0 aromatic carbocycles. The van der Waals surface area contributed by atoms with Crippen molar-refractivity contribution >= 4 is 11.6 Å². The van der Waals surface area contributed by atoms with E-state index in [2.05, 4.69) is 4.98 Å². The molecule has 1 N–H and O–H groups in total. The second kappa shape index (κ2) is 5.28. The summed E-state index contributed by atoms with van der Waals surface area (Å²) in [7, 11) is 0. The zero-order valence-electron chi connectivity index (χ0n) is 10.5. The number of aromatic nitrogens is 2. The minimum absolute atomic E-state index is 0.0656. The summed E-state index contributed by atoms with van der Waals surface area (Å²) in [6.07, 6.45) is 1.93. The number of nitrogens with zero attached hydrogens (tertiary/aromatic N) is 1. The Bertz CT molecular complexity index is 549. The molecule has 1 aromatic heterocycles. The molecule has 2 rings (SSSR count). The minimum atomic E-state index is -0.429. The van der Waals surface area contributed by atoms with Crippen molar-refractivity contribution in [1.29, 1.82) is 0 Å². The van der Waals surface area contributed by atoms with Gasteiger partial charge in [-0.15, -0.1) is 0 Å². The fourth-order valence-electron chi connectivity index (χ4n) is 2.41. The number of rotatable bonds is 2. The van der Waals surface area contributed by atoms with E-state index in [-0.39, 0.29) is 22.9 Å². The first-order valence-electron chi connectivity index (χ1n) is 6.19. The van der Waals surface area contributed by atoms with Crippen molar-refractivity contribution in [2.75, 3.05) is 6.61 Å². The maximum Gasteiger partial charge on any atom is 0.329 e. The highest BCUT2D eigenvalue weighted by molar-refractivity contribution is 6.30. The van der Waals surface area contributed by atoms with E-state index in [0.29, 0.717) is 31.4 Å². The van der Waals surface area contributed by atoms with Gasteiger partial charge in [-0.3, -0.25) is 14.3 Å². The molecule has 0 spiro atoms. The summed E-state index contributed by atoms with van der Waals surface area (Å²) in [5, 5.41) is 0.156. The quantitative estimate of drug-likeness (QED) is 0.830. The highest BCUT2D eigenvalue weighted by atomic mass is 35.5. The van der Waals surface area contributed by atoms with Crippen LogP contribution in [0.25, 0.3) is 0 Å². The van der Waals surface area contributed by atoms with Gasteiger partial charge in [-0.25, -0.2) is 4.79 Å². The molecule has 1 fully saturated rings. The number of halogens is 1. The predicted octanol–water partition coefficient (Wildman–Crippen LogP) is 1.49. The summed E-state index contributed by atoms with van der Waals surface area (Å²) < 4.78 is 6.73. The van der Waals surface area contributed by atoms with Crippen LogP contribution in [0.5, 0.6) is 0 Å². The minimum Gasteiger partial charge on any atom is -0.378 e. The van der Waals surface area contributed by atoms with Gasteiger partial charge < -0.3 is 4.74 Å². The van der Waals surface area contributed by atoms with Crippen LogP contribution < -0.4 is 11.2 Å². The Morgan fingerprint density at radius 2 is 2.22 bits per heavy atom. The Morgan fingerprint density at radius 1 is 1.50 bits per heavy atom. The van der Waals surface area contributed by atoms with Gasteiger partial charge in [0.15, 0.2) is 0 Å². The summed E-state index contributed by atoms with van der Waals surface area (Å²) in [4.78, 5) is 26.7. The lowest BCUT2D eigenvalue weighted by Gasteiger charge is -2.28. The van der Waals surface area contributed by atoms with Crippen LogP contribution in [0.15, 0.2) is 9.59 Å². The number of hydrogen-bond donors (Lipinski definition) is 1. The van der Waals surface area contributed by atoms with E-state index in [0.717, 1.165) is 0 Å². The third-order valence-corrected chi connectivity index (χ3v) is 3.68. The van der Waals surface area contributed by atoms with Gasteiger partial charge in [0.25, 0.3) is 5.56 Å². The molecule has 0 saturated carbocycles. The highest BCUT2D eigenvalue weighted by Crippen LogP contribution is 2.22. The smallest absolute Gasteiger partial charge is 0.329 e. The molecule has 100 valence electrons. The number of ether oxygens (including phenoxy) is 1. The van der Waals surface area contributed by atoms with E-state index >= 15 is 0 Å². The Kier molecular flexibility index (Phi) is 3.92. The molecule has 0 amide bonds. The first kappa shape index (κ1) is 13.4. The monoisotopic (exact) mass is 272 g/mol. The molecule has 0 radical (unpaired) electrons. The third-order valence-electron chi connectivity index (χ3n) is 3.35. The van der Waals surface area contributed by atoms with Crippen molar-refractivity contribution in [2.24, 2.45) is 0 Å². The lowest BCUT2D eigenvalue weighted by Crippen LogP contribution is -2.42. The molecule has 1 saturated heterocycles. The van der Waals surface area contributed by atoms with Gasteiger partial charge in [0.2, 0.25) is 0 Å². The number of aromatic amines is 1. The highest BCUT2D eigenvalue weighted by Gasteiger charge is 2.24. The lowest BCUT2D eigenvalue weighted by molar-refractivity contribution is 0.00435. The topological polar surface area (TPSA) is 64.1 Å². The van der Waals surface area contributed by atoms with Crippen LogP contribution in [0.3, 0.4) is 0 Å². The summed E-state index contributed by atoms with van der Waals surface area (Å²) in [5.41, 5.74) is -0.234. The predicted molar refractivity (Wildman–Crippen MR) is 69.4 cm³/mol. The first-order chi connectivity index (χ1) is 8.54. The van der Waals surface area contributed by atoms with Crippen molar-refractivity contribution in [3.8, 4) is 0 Å². The van der Waals surface area contributed by atoms with E-state index in [4.69, 9.17) is 16.3 Å². The number of nitrogens with one attached hydrogen (secondary N) is 1. The van der Waals surface area contributed by atoms with Crippen LogP contribution in [0.1, 0.15) is 38.3 Å². The van der Waals surface area contributed by atoms with Gasteiger partial charge >= 0.3 is 5.69 Å². The Morgan fingerprint density at radius 3 is 2.83 bits per heavy atom. The summed E-state index contributed by atoms with van der Waals surface area (Å²) in [5.74, 6) is 0. The van der Waals surface area contributed by atoms with Gasteiger partial charge in [-0.1, -0.05) is 18.5 Å². The van der Waals surface area contributed by atoms with Gasteiger partial charge in [0.05, 0.1) is 11.7 Å². The van der Waals surface area contributed by atoms with Crippen molar-refractivity contribution in [3.63, 3.8) is 0 Å². The fraction of sp³-hybridized carbons (Fsp3) is 0.667. The second-order valence-corrected chi connectivity index (χ2v) is 4.99. The average molecular weight is 273 g/mol. The number of hydrogen-bond acceptors (Lipinski definition) is 3. The summed E-state index contributed by atoms with van der Waals surface area (Å²) in [6.45, 7) is 4.36. The Balaban J connectivity index is 2.50.